The summed E-state index contributed by atoms with van der Waals surface area (Å²) in [6, 6.07) is 0. The van der Waals surface area contributed by atoms with E-state index in [9.17, 15) is 15.0 Å². The molecule has 5 N–H and O–H groups in total. The molecule has 21 heavy (non-hydrogen) atoms. The number of anilines is 1. The molecule has 3 heterocycles. The molecule has 1 aliphatic heterocycles. The summed E-state index contributed by atoms with van der Waals surface area (Å²) < 4.78 is 6.72. The molecule has 10 heteroatoms. The highest BCUT2D eigenvalue weighted by molar-refractivity contribution is 5.84. The molecule has 1 fully saturated rings. The van der Waals surface area contributed by atoms with Crippen molar-refractivity contribution < 1.29 is 24.9 Å². The number of imidazole rings is 1. The second kappa shape index (κ2) is 5.00. The molecule has 0 radical (unpaired) electrons. The van der Waals surface area contributed by atoms with Crippen LogP contribution in [0.15, 0.2) is 6.33 Å². The largest absolute Gasteiger partial charge is 0.394 e. The summed E-state index contributed by atoms with van der Waals surface area (Å²) in [6.45, 7) is -0.446. The van der Waals surface area contributed by atoms with Crippen LogP contribution in [-0.2, 0) is 4.74 Å². The van der Waals surface area contributed by atoms with Gasteiger partial charge in [-0.3, -0.25) is 9.36 Å². The normalized spacial score (nSPS) is 29.1. The number of aldehydes is 1. The summed E-state index contributed by atoms with van der Waals surface area (Å²) in [5.74, 6) is -0.110. The number of nitrogens with zero attached hydrogens (tertiary/aromatic N) is 4. The number of carbonyl (C=O) groups excluding carboxylic acids is 1. The first kappa shape index (κ1) is 13.8. The van der Waals surface area contributed by atoms with Crippen molar-refractivity contribution in [2.75, 3.05) is 12.3 Å². The van der Waals surface area contributed by atoms with Crippen LogP contribution in [0, 0.1) is 0 Å². The summed E-state index contributed by atoms with van der Waals surface area (Å²) >= 11 is 0. The summed E-state index contributed by atoms with van der Waals surface area (Å²) in [4.78, 5) is 22.5. The van der Waals surface area contributed by atoms with Crippen LogP contribution in [0.25, 0.3) is 11.2 Å². The zero-order valence-corrected chi connectivity index (χ0v) is 10.7. The minimum Gasteiger partial charge on any atom is -0.394 e. The van der Waals surface area contributed by atoms with Gasteiger partial charge in [0.15, 0.2) is 29.8 Å². The maximum atomic E-state index is 10.8. The Kier molecular flexibility index (Phi) is 3.29. The standard InChI is InChI=1S/C11H13N5O5/c12-9-6-10(15-5(2-18)14-9)16(3-13-6)11-8(20)7(19)4(1-17)21-11/h2-4,7-8,11,17,19-20H,1H2,(H2,12,14,15)/t4-,7+,8-,11-/m0/s1. The van der Waals surface area contributed by atoms with E-state index in [2.05, 4.69) is 15.0 Å². The van der Waals surface area contributed by atoms with Gasteiger partial charge in [0.05, 0.1) is 12.9 Å². The predicted molar refractivity (Wildman–Crippen MR) is 68.1 cm³/mol. The number of nitrogen functional groups attached to an aromatic ring is 1. The molecule has 2 aromatic heterocycles. The van der Waals surface area contributed by atoms with E-state index in [1.807, 2.05) is 0 Å². The Morgan fingerprint density at radius 1 is 1.38 bits per heavy atom. The van der Waals surface area contributed by atoms with Gasteiger partial charge >= 0.3 is 0 Å². The third-order valence-corrected chi connectivity index (χ3v) is 3.36. The third kappa shape index (κ3) is 2.05. The number of nitrogens with two attached hydrogens (primary N) is 1. The van der Waals surface area contributed by atoms with E-state index in [1.165, 1.54) is 10.9 Å². The Morgan fingerprint density at radius 3 is 2.76 bits per heavy atom. The zero-order valence-electron chi connectivity index (χ0n) is 10.7. The first-order valence-electron chi connectivity index (χ1n) is 6.14. The van der Waals surface area contributed by atoms with Gasteiger partial charge in [-0.15, -0.1) is 0 Å². The smallest absolute Gasteiger partial charge is 0.196 e. The van der Waals surface area contributed by atoms with Gasteiger partial charge in [0, 0.05) is 0 Å². The Labute approximate surface area is 117 Å². The van der Waals surface area contributed by atoms with Gasteiger partial charge in [0.2, 0.25) is 0 Å². The lowest BCUT2D eigenvalue weighted by Gasteiger charge is -2.16. The molecule has 1 saturated heterocycles. The molecule has 2 aromatic rings. The van der Waals surface area contributed by atoms with Crippen LogP contribution < -0.4 is 5.73 Å². The van der Waals surface area contributed by atoms with Crippen molar-refractivity contribution in [2.24, 2.45) is 0 Å². The van der Waals surface area contributed by atoms with E-state index in [4.69, 9.17) is 15.6 Å². The molecule has 0 spiro atoms. The van der Waals surface area contributed by atoms with E-state index >= 15 is 0 Å². The van der Waals surface area contributed by atoms with Crippen molar-refractivity contribution in [3.8, 4) is 0 Å². The van der Waals surface area contributed by atoms with Crippen LogP contribution in [0.4, 0.5) is 5.82 Å². The summed E-state index contributed by atoms with van der Waals surface area (Å²) in [6.07, 6.45) is -2.71. The number of carbonyl (C=O) groups is 1. The molecule has 10 nitrogen and oxygen atoms in total. The predicted octanol–water partition coefficient (Wildman–Crippen LogP) is -2.17. The molecule has 4 atom stereocenters. The van der Waals surface area contributed by atoms with Crippen LogP contribution in [-0.4, -0.2) is 66.0 Å². The fraction of sp³-hybridized carbons (Fsp3) is 0.455. The second-order valence-corrected chi connectivity index (χ2v) is 4.64. The monoisotopic (exact) mass is 295 g/mol. The average molecular weight is 295 g/mol. The number of ether oxygens (including phenoxy) is 1. The minimum atomic E-state index is -1.28. The average Bonchev–Trinajstić information content (AvgIpc) is 3.02. The first-order chi connectivity index (χ1) is 10.1. The van der Waals surface area contributed by atoms with Gasteiger partial charge in [-0.05, 0) is 0 Å². The molecule has 0 amide bonds. The van der Waals surface area contributed by atoms with Gasteiger partial charge in [-0.1, -0.05) is 0 Å². The molecule has 3 rings (SSSR count). The lowest BCUT2D eigenvalue weighted by Crippen LogP contribution is -2.33. The molecule has 112 valence electrons. The number of aliphatic hydroxyl groups is 3. The summed E-state index contributed by atoms with van der Waals surface area (Å²) in [5, 5.41) is 28.9. The van der Waals surface area contributed by atoms with E-state index in [-0.39, 0.29) is 22.8 Å². The molecular weight excluding hydrogens is 282 g/mol. The topological polar surface area (TPSA) is 157 Å². The minimum absolute atomic E-state index is 0.0209. The van der Waals surface area contributed by atoms with Gasteiger partial charge in [0.25, 0.3) is 0 Å². The van der Waals surface area contributed by atoms with Crippen LogP contribution in [0.3, 0.4) is 0 Å². The number of hydrogen-bond donors (Lipinski definition) is 4. The van der Waals surface area contributed by atoms with E-state index < -0.39 is 31.1 Å². The van der Waals surface area contributed by atoms with Crippen molar-refractivity contribution in [1.29, 1.82) is 0 Å². The number of fused-ring (bicyclic) bond motifs is 1. The van der Waals surface area contributed by atoms with Crippen molar-refractivity contribution in [3.63, 3.8) is 0 Å². The lowest BCUT2D eigenvalue weighted by molar-refractivity contribution is -0.0511. The molecule has 0 bridgehead atoms. The molecule has 0 aromatic carbocycles. The van der Waals surface area contributed by atoms with Crippen molar-refractivity contribution >= 4 is 23.3 Å². The Bertz CT molecular complexity index is 689. The number of rotatable bonds is 3. The van der Waals surface area contributed by atoms with Crippen LogP contribution in [0.5, 0.6) is 0 Å². The van der Waals surface area contributed by atoms with E-state index in [1.54, 1.807) is 0 Å². The molecule has 0 unspecified atom stereocenters. The highest BCUT2D eigenvalue weighted by Gasteiger charge is 2.44. The SMILES string of the molecule is Nc1nc(C=O)nc2c1ncn2[C@H]1O[C@@H](CO)[C@@H](O)[C@@H]1O. The van der Waals surface area contributed by atoms with Gasteiger partial charge in [0.1, 0.15) is 23.8 Å². The third-order valence-electron chi connectivity index (χ3n) is 3.36. The Hall–Kier alpha value is -2.14. The molecule has 0 saturated carbocycles. The van der Waals surface area contributed by atoms with Crippen molar-refractivity contribution in [1.82, 2.24) is 19.5 Å². The fourth-order valence-electron chi connectivity index (χ4n) is 2.30. The molecule has 1 aliphatic rings. The highest BCUT2D eigenvalue weighted by atomic mass is 16.6. The van der Waals surface area contributed by atoms with E-state index in [0.29, 0.717) is 6.29 Å². The Balaban J connectivity index is 2.09. The van der Waals surface area contributed by atoms with Crippen molar-refractivity contribution in [3.05, 3.63) is 12.2 Å². The van der Waals surface area contributed by atoms with Gasteiger partial charge in [-0.25, -0.2) is 15.0 Å². The number of hydrogen-bond acceptors (Lipinski definition) is 9. The van der Waals surface area contributed by atoms with Crippen LogP contribution in [0.1, 0.15) is 16.8 Å². The molecular formula is C11H13N5O5. The van der Waals surface area contributed by atoms with Crippen LogP contribution >= 0.6 is 0 Å². The maximum absolute atomic E-state index is 10.8. The lowest BCUT2D eigenvalue weighted by atomic mass is 10.1. The zero-order chi connectivity index (χ0) is 15.1. The number of aromatic nitrogens is 4. The first-order valence-corrected chi connectivity index (χ1v) is 6.14. The van der Waals surface area contributed by atoms with Gasteiger partial charge in [-0.2, -0.15) is 0 Å². The van der Waals surface area contributed by atoms with Gasteiger partial charge < -0.3 is 25.8 Å². The van der Waals surface area contributed by atoms with Crippen molar-refractivity contribution in [2.45, 2.75) is 24.5 Å². The highest BCUT2D eigenvalue weighted by Crippen LogP contribution is 2.31. The summed E-state index contributed by atoms with van der Waals surface area (Å²) in [7, 11) is 0. The quantitative estimate of drug-likeness (QED) is 0.462. The second-order valence-electron chi connectivity index (χ2n) is 4.64. The Morgan fingerprint density at radius 2 is 2.14 bits per heavy atom. The van der Waals surface area contributed by atoms with Crippen LogP contribution in [0.2, 0.25) is 0 Å². The molecule has 0 aliphatic carbocycles. The maximum Gasteiger partial charge on any atom is 0.196 e. The number of aliphatic hydroxyl groups excluding tert-OH is 3. The van der Waals surface area contributed by atoms with E-state index in [0.717, 1.165) is 0 Å². The summed E-state index contributed by atoms with van der Waals surface area (Å²) in [5.41, 5.74) is 6.12. The fourth-order valence-corrected chi connectivity index (χ4v) is 2.30.